The van der Waals surface area contributed by atoms with Crippen molar-refractivity contribution in [2.24, 2.45) is 0 Å². The van der Waals surface area contributed by atoms with Crippen LogP contribution in [-0.4, -0.2) is 8.42 Å². The Morgan fingerprint density at radius 1 is 1.20 bits per heavy atom. The number of aryl methyl sites for hydroxylation is 1. The van der Waals surface area contributed by atoms with Gasteiger partial charge in [0.2, 0.25) is 10.0 Å². The van der Waals surface area contributed by atoms with Gasteiger partial charge in [0.05, 0.1) is 4.90 Å². The third-order valence-electron chi connectivity index (χ3n) is 2.96. The average Bonchev–Trinajstić information content (AvgIpc) is 2.41. The van der Waals surface area contributed by atoms with Crippen LogP contribution in [0.25, 0.3) is 0 Å². The van der Waals surface area contributed by atoms with Crippen molar-refractivity contribution >= 4 is 27.3 Å². The van der Waals surface area contributed by atoms with Gasteiger partial charge in [-0.15, -0.1) is 0 Å². The molecule has 0 atom stereocenters. The summed E-state index contributed by atoms with van der Waals surface area (Å²) in [7, 11) is -3.58. The first kappa shape index (κ1) is 14.8. The van der Waals surface area contributed by atoms with E-state index in [1.54, 1.807) is 37.3 Å². The number of anilines is 1. The van der Waals surface area contributed by atoms with Gasteiger partial charge in [0.15, 0.2) is 0 Å². The number of hydrogen-bond donors (Lipinski definition) is 2. The minimum atomic E-state index is -3.58. The Morgan fingerprint density at radius 3 is 2.55 bits per heavy atom. The van der Waals surface area contributed by atoms with Crippen molar-refractivity contribution < 1.29 is 8.42 Å². The van der Waals surface area contributed by atoms with Gasteiger partial charge in [-0.1, -0.05) is 29.8 Å². The van der Waals surface area contributed by atoms with Crippen LogP contribution in [0.5, 0.6) is 0 Å². The first-order valence-electron chi connectivity index (χ1n) is 5.99. The van der Waals surface area contributed by atoms with E-state index in [0.29, 0.717) is 10.7 Å². The summed E-state index contributed by atoms with van der Waals surface area (Å²) in [5, 5.41) is 0.531. The number of rotatable bonds is 4. The number of sulfonamides is 1. The summed E-state index contributed by atoms with van der Waals surface area (Å²) in [5.74, 6) is 0. The Balaban J connectivity index is 2.19. The zero-order valence-electron chi connectivity index (χ0n) is 10.9. The lowest BCUT2D eigenvalue weighted by Crippen LogP contribution is -2.23. The summed E-state index contributed by atoms with van der Waals surface area (Å²) in [5.41, 5.74) is 7.70. The van der Waals surface area contributed by atoms with Gasteiger partial charge in [-0.3, -0.25) is 0 Å². The van der Waals surface area contributed by atoms with Crippen LogP contribution in [0.2, 0.25) is 5.02 Å². The van der Waals surface area contributed by atoms with Gasteiger partial charge in [-0.2, -0.15) is 0 Å². The van der Waals surface area contributed by atoms with E-state index in [9.17, 15) is 8.42 Å². The summed E-state index contributed by atoms with van der Waals surface area (Å²) in [6, 6.07) is 11.7. The Hall–Kier alpha value is -1.56. The second-order valence-electron chi connectivity index (χ2n) is 4.43. The van der Waals surface area contributed by atoms with E-state index in [2.05, 4.69) is 4.72 Å². The van der Waals surface area contributed by atoms with Crippen LogP contribution in [0.1, 0.15) is 11.1 Å². The van der Waals surface area contributed by atoms with Crippen LogP contribution in [0.4, 0.5) is 5.69 Å². The monoisotopic (exact) mass is 310 g/mol. The van der Waals surface area contributed by atoms with E-state index in [4.69, 9.17) is 17.3 Å². The van der Waals surface area contributed by atoms with Crippen molar-refractivity contribution in [3.05, 3.63) is 58.6 Å². The highest BCUT2D eigenvalue weighted by molar-refractivity contribution is 7.89. The van der Waals surface area contributed by atoms with E-state index >= 15 is 0 Å². The second-order valence-corrected chi connectivity index (χ2v) is 6.61. The Kier molecular flexibility index (Phi) is 4.32. The molecule has 2 aromatic carbocycles. The second kappa shape index (κ2) is 5.83. The average molecular weight is 311 g/mol. The predicted octanol–water partition coefficient (Wildman–Crippen LogP) is 2.71. The van der Waals surface area contributed by atoms with Gasteiger partial charge in [0.1, 0.15) is 0 Å². The zero-order valence-corrected chi connectivity index (χ0v) is 12.5. The van der Waals surface area contributed by atoms with Crippen LogP contribution in [-0.2, 0) is 16.6 Å². The lowest BCUT2D eigenvalue weighted by Gasteiger charge is -2.09. The van der Waals surface area contributed by atoms with E-state index < -0.39 is 10.0 Å². The molecule has 0 fully saturated rings. The molecule has 0 saturated carbocycles. The Morgan fingerprint density at radius 2 is 1.90 bits per heavy atom. The maximum Gasteiger partial charge on any atom is 0.240 e. The van der Waals surface area contributed by atoms with Gasteiger partial charge in [-0.05, 0) is 42.3 Å². The highest BCUT2D eigenvalue weighted by Crippen LogP contribution is 2.18. The molecular weight excluding hydrogens is 296 g/mol. The first-order valence-corrected chi connectivity index (χ1v) is 7.85. The lowest BCUT2D eigenvalue weighted by molar-refractivity contribution is 0.581. The van der Waals surface area contributed by atoms with Crippen molar-refractivity contribution in [1.82, 2.24) is 4.72 Å². The molecule has 0 amide bonds. The SMILES string of the molecule is Cc1cc(S(=O)(=O)NCc2ccccc2Cl)ccc1N. The topological polar surface area (TPSA) is 72.2 Å². The Labute approximate surface area is 123 Å². The van der Waals surface area contributed by atoms with E-state index in [0.717, 1.165) is 11.1 Å². The van der Waals surface area contributed by atoms with Crippen molar-refractivity contribution in [2.45, 2.75) is 18.4 Å². The van der Waals surface area contributed by atoms with Gasteiger partial charge in [0.25, 0.3) is 0 Å². The third-order valence-corrected chi connectivity index (χ3v) is 4.73. The number of nitrogen functional groups attached to an aromatic ring is 1. The number of nitrogens with one attached hydrogen (secondary N) is 1. The van der Waals surface area contributed by atoms with Crippen LogP contribution in [0, 0.1) is 6.92 Å². The van der Waals surface area contributed by atoms with E-state index in [1.165, 1.54) is 6.07 Å². The van der Waals surface area contributed by atoms with Crippen molar-refractivity contribution in [3.8, 4) is 0 Å². The number of halogens is 1. The summed E-state index contributed by atoms with van der Waals surface area (Å²) in [4.78, 5) is 0.191. The van der Waals surface area contributed by atoms with Gasteiger partial charge < -0.3 is 5.73 Å². The maximum absolute atomic E-state index is 12.2. The van der Waals surface area contributed by atoms with Crippen molar-refractivity contribution in [2.75, 3.05) is 5.73 Å². The number of nitrogens with two attached hydrogens (primary N) is 1. The van der Waals surface area contributed by atoms with Crippen LogP contribution in [0.3, 0.4) is 0 Å². The summed E-state index contributed by atoms with van der Waals surface area (Å²) >= 11 is 5.99. The highest BCUT2D eigenvalue weighted by atomic mass is 35.5. The van der Waals surface area contributed by atoms with Crippen LogP contribution in [0.15, 0.2) is 47.4 Å². The molecule has 4 nitrogen and oxygen atoms in total. The van der Waals surface area contributed by atoms with Crippen molar-refractivity contribution in [3.63, 3.8) is 0 Å². The minimum absolute atomic E-state index is 0.144. The van der Waals surface area contributed by atoms with Gasteiger partial charge >= 0.3 is 0 Å². The largest absolute Gasteiger partial charge is 0.399 e. The van der Waals surface area contributed by atoms with Crippen molar-refractivity contribution in [1.29, 1.82) is 0 Å². The molecule has 20 heavy (non-hydrogen) atoms. The molecule has 2 aromatic rings. The summed E-state index contributed by atoms with van der Waals surface area (Å²) < 4.78 is 26.9. The number of hydrogen-bond acceptors (Lipinski definition) is 3. The molecule has 3 N–H and O–H groups in total. The molecule has 0 saturated heterocycles. The highest BCUT2D eigenvalue weighted by Gasteiger charge is 2.15. The van der Waals surface area contributed by atoms with Crippen LogP contribution >= 0.6 is 11.6 Å². The van der Waals surface area contributed by atoms with Gasteiger partial charge in [0, 0.05) is 17.3 Å². The molecule has 0 heterocycles. The fraction of sp³-hybridized carbons (Fsp3) is 0.143. The molecular formula is C14H15ClN2O2S. The standard InChI is InChI=1S/C14H15ClN2O2S/c1-10-8-12(6-7-14(10)16)20(18,19)17-9-11-4-2-3-5-13(11)15/h2-8,17H,9,16H2,1H3. The molecule has 2 rings (SSSR count). The molecule has 106 valence electrons. The molecule has 0 spiro atoms. The summed E-state index contributed by atoms with van der Waals surface area (Å²) in [6.07, 6.45) is 0. The molecule has 0 aliphatic heterocycles. The lowest BCUT2D eigenvalue weighted by atomic mass is 10.2. The summed E-state index contributed by atoms with van der Waals surface area (Å²) in [6.45, 7) is 1.91. The van der Waals surface area contributed by atoms with Gasteiger partial charge in [-0.25, -0.2) is 13.1 Å². The molecule has 0 unspecified atom stereocenters. The molecule has 0 aliphatic carbocycles. The van der Waals surface area contributed by atoms with E-state index in [1.807, 2.05) is 6.07 Å². The fourth-order valence-electron chi connectivity index (χ4n) is 1.71. The first-order chi connectivity index (χ1) is 9.40. The Bertz CT molecular complexity index is 730. The van der Waals surface area contributed by atoms with E-state index in [-0.39, 0.29) is 11.4 Å². The zero-order chi connectivity index (χ0) is 14.8. The quantitative estimate of drug-likeness (QED) is 0.853. The smallest absolute Gasteiger partial charge is 0.240 e. The molecule has 0 bridgehead atoms. The number of benzene rings is 2. The molecule has 0 radical (unpaired) electrons. The molecule has 0 aliphatic rings. The minimum Gasteiger partial charge on any atom is -0.399 e. The molecule has 0 aromatic heterocycles. The normalized spacial score (nSPS) is 11.5. The third kappa shape index (κ3) is 3.30. The van der Waals surface area contributed by atoms with Crippen LogP contribution < -0.4 is 10.5 Å². The maximum atomic E-state index is 12.2. The molecule has 6 heteroatoms. The fourth-order valence-corrected chi connectivity index (χ4v) is 3.01. The predicted molar refractivity (Wildman–Crippen MR) is 81.1 cm³/mol.